The number of anilines is 2. The third-order valence-corrected chi connectivity index (χ3v) is 5.15. The number of ether oxygens (including phenoxy) is 3. The average Bonchev–Trinajstić information content (AvgIpc) is 3.22. The van der Waals surface area contributed by atoms with Crippen LogP contribution in [0.4, 0.5) is 15.2 Å². The lowest BCUT2D eigenvalue weighted by Crippen LogP contribution is -2.06. The highest BCUT2D eigenvalue weighted by Gasteiger charge is 2.21. The first kappa shape index (κ1) is 19.9. The highest BCUT2D eigenvalue weighted by atomic mass is 35.5. The van der Waals surface area contributed by atoms with Gasteiger partial charge in [-0.1, -0.05) is 0 Å². The summed E-state index contributed by atoms with van der Waals surface area (Å²) in [7, 11) is 4.43. The molecule has 0 atom stereocenters. The minimum Gasteiger partial charge on any atom is -0.493 e. The molecule has 3 aromatic rings. The van der Waals surface area contributed by atoms with E-state index < -0.39 is 0 Å². The number of halogens is 2. The largest absolute Gasteiger partial charge is 0.493 e. The van der Waals surface area contributed by atoms with E-state index in [4.69, 9.17) is 26.0 Å². The predicted octanol–water partition coefficient (Wildman–Crippen LogP) is 4.83. The van der Waals surface area contributed by atoms with Gasteiger partial charge in [-0.2, -0.15) is 0 Å². The summed E-state index contributed by atoms with van der Waals surface area (Å²) in [6, 6.07) is 8.73. The molecule has 0 aliphatic heterocycles. The minimum atomic E-state index is -0.369. The predicted molar refractivity (Wildman–Crippen MR) is 106 cm³/mol. The molecular formula is C19H16ClFN2O4S. The number of nitrogens with zero attached hydrogens (tertiary/aromatic N) is 2. The maximum Gasteiger partial charge on any atom is 0.212 e. The Hall–Kier alpha value is -2.84. The maximum atomic E-state index is 13.1. The van der Waals surface area contributed by atoms with Crippen LogP contribution in [0.5, 0.6) is 17.2 Å². The molecule has 0 radical (unpaired) electrons. The average molecular weight is 423 g/mol. The molecule has 1 heterocycles. The topological polar surface area (TPSA) is 60.9 Å². The van der Waals surface area contributed by atoms with Gasteiger partial charge in [-0.05, 0) is 36.4 Å². The van der Waals surface area contributed by atoms with Gasteiger partial charge >= 0.3 is 0 Å². The summed E-state index contributed by atoms with van der Waals surface area (Å²) in [6.45, 7) is 0. The Kier molecular flexibility index (Phi) is 6.01. The molecule has 0 unspecified atom stereocenters. The van der Waals surface area contributed by atoms with E-state index in [0.717, 1.165) is 0 Å². The first-order chi connectivity index (χ1) is 13.5. The van der Waals surface area contributed by atoms with Gasteiger partial charge in [-0.3, -0.25) is 4.79 Å². The van der Waals surface area contributed by atoms with Crippen LogP contribution in [0.2, 0.25) is 0 Å². The van der Waals surface area contributed by atoms with E-state index in [-0.39, 0.29) is 17.3 Å². The van der Waals surface area contributed by atoms with Crippen LogP contribution in [0.25, 0.3) is 0 Å². The molecular weight excluding hydrogens is 407 g/mol. The van der Waals surface area contributed by atoms with Gasteiger partial charge in [-0.15, -0.1) is 11.3 Å². The molecule has 0 saturated carbocycles. The number of benzene rings is 2. The summed E-state index contributed by atoms with van der Waals surface area (Å²) < 4.78 is 30.2. The Labute approximate surface area is 170 Å². The van der Waals surface area contributed by atoms with Gasteiger partial charge in [0.1, 0.15) is 11.5 Å². The van der Waals surface area contributed by atoms with Gasteiger partial charge in [0, 0.05) is 22.7 Å². The summed E-state index contributed by atoms with van der Waals surface area (Å²) in [6.07, 6.45) is 0. The Bertz CT molecular complexity index is 969. The monoisotopic (exact) mass is 422 g/mol. The number of hydrogen-bond donors (Lipinski definition) is 0. The minimum absolute atomic E-state index is 0.210. The number of thiazole rings is 1. The summed E-state index contributed by atoms with van der Waals surface area (Å²) in [5, 5.41) is 1.98. The van der Waals surface area contributed by atoms with Crippen LogP contribution in [0, 0.1) is 5.82 Å². The number of carbonyl (C=O) groups excluding carboxylic acids is 1. The van der Waals surface area contributed by atoms with Crippen molar-refractivity contribution in [3.8, 4) is 17.2 Å². The van der Waals surface area contributed by atoms with Gasteiger partial charge in [0.2, 0.25) is 16.7 Å². The summed E-state index contributed by atoms with van der Waals surface area (Å²) in [5.41, 5.74) is 1.07. The second-order valence-corrected chi connectivity index (χ2v) is 6.69. The summed E-state index contributed by atoms with van der Waals surface area (Å²) >= 11 is 7.46. The molecule has 28 heavy (non-hydrogen) atoms. The number of rotatable bonds is 7. The van der Waals surface area contributed by atoms with Crippen LogP contribution in [0.3, 0.4) is 0 Å². The van der Waals surface area contributed by atoms with Crippen molar-refractivity contribution in [3.63, 3.8) is 0 Å². The van der Waals surface area contributed by atoms with E-state index in [1.807, 2.05) is 0 Å². The Balaban J connectivity index is 1.91. The van der Waals surface area contributed by atoms with Crippen LogP contribution >= 0.6 is 23.1 Å². The number of ketones is 1. The van der Waals surface area contributed by atoms with E-state index in [0.29, 0.717) is 33.6 Å². The summed E-state index contributed by atoms with van der Waals surface area (Å²) in [4.78, 5) is 17.2. The van der Waals surface area contributed by atoms with E-state index in [2.05, 4.69) is 4.98 Å². The van der Waals surface area contributed by atoms with Crippen molar-refractivity contribution >= 4 is 39.7 Å². The molecule has 3 rings (SSSR count). The third-order valence-electron chi connectivity index (χ3n) is 3.87. The van der Waals surface area contributed by atoms with Crippen molar-refractivity contribution in [1.29, 1.82) is 0 Å². The molecule has 0 amide bonds. The van der Waals surface area contributed by atoms with Gasteiger partial charge in [0.25, 0.3) is 0 Å². The second kappa shape index (κ2) is 8.45. The fourth-order valence-electron chi connectivity index (χ4n) is 2.50. The van der Waals surface area contributed by atoms with Crippen molar-refractivity contribution < 1.29 is 23.4 Å². The number of aromatic nitrogens is 1. The van der Waals surface area contributed by atoms with Crippen molar-refractivity contribution in [3.05, 3.63) is 58.9 Å². The molecule has 1 aromatic heterocycles. The normalized spacial score (nSPS) is 10.5. The molecule has 0 spiro atoms. The van der Waals surface area contributed by atoms with Crippen LogP contribution < -0.4 is 18.6 Å². The van der Waals surface area contributed by atoms with Gasteiger partial charge in [-0.25, -0.2) is 13.8 Å². The Morgan fingerprint density at radius 3 is 2.21 bits per heavy atom. The lowest BCUT2D eigenvalue weighted by Gasteiger charge is -2.13. The third kappa shape index (κ3) is 3.88. The second-order valence-electron chi connectivity index (χ2n) is 5.52. The first-order valence-electron chi connectivity index (χ1n) is 8.00. The Morgan fingerprint density at radius 2 is 1.68 bits per heavy atom. The molecule has 0 saturated heterocycles. The smallest absolute Gasteiger partial charge is 0.212 e. The number of carbonyl (C=O) groups is 1. The van der Waals surface area contributed by atoms with Crippen LogP contribution in [-0.4, -0.2) is 32.1 Å². The van der Waals surface area contributed by atoms with Crippen LogP contribution in [-0.2, 0) is 0 Å². The number of hydrogen-bond acceptors (Lipinski definition) is 7. The molecule has 0 bridgehead atoms. The van der Waals surface area contributed by atoms with Crippen molar-refractivity contribution in [2.75, 3.05) is 25.7 Å². The van der Waals surface area contributed by atoms with E-state index >= 15 is 0 Å². The molecule has 0 aliphatic carbocycles. The van der Waals surface area contributed by atoms with Crippen molar-refractivity contribution in [2.24, 2.45) is 0 Å². The zero-order chi connectivity index (χ0) is 20.3. The first-order valence-corrected chi connectivity index (χ1v) is 9.22. The molecule has 0 aliphatic rings. The van der Waals surface area contributed by atoms with Crippen molar-refractivity contribution in [2.45, 2.75) is 0 Å². The van der Waals surface area contributed by atoms with Crippen LogP contribution in [0.1, 0.15) is 16.1 Å². The van der Waals surface area contributed by atoms with Gasteiger partial charge in [0.05, 0.1) is 27.0 Å². The summed E-state index contributed by atoms with van der Waals surface area (Å²) in [5.74, 6) is 0.428. The highest BCUT2D eigenvalue weighted by Crippen LogP contribution is 2.39. The highest BCUT2D eigenvalue weighted by molar-refractivity contribution is 7.14. The van der Waals surface area contributed by atoms with Crippen LogP contribution in [0.15, 0.2) is 41.8 Å². The zero-order valence-corrected chi connectivity index (χ0v) is 16.8. The SMILES string of the molecule is COc1cc(C(=O)c2csc(N(Cl)c3ccc(F)cc3)n2)cc(OC)c1OC. The molecule has 0 N–H and O–H groups in total. The molecule has 2 aromatic carbocycles. The lowest BCUT2D eigenvalue weighted by atomic mass is 10.1. The quantitative estimate of drug-likeness (QED) is 0.401. The fraction of sp³-hybridized carbons (Fsp3) is 0.158. The van der Waals surface area contributed by atoms with E-state index in [1.54, 1.807) is 17.5 Å². The zero-order valence-electron chi connectivity index (χ0n) is 15.2. The lowest BCUT2D eigenvalue weighted by molar-refractivity contribution is 0.103. The maximum absolute atomic E-state index is 13.1. The molecule has 0 fully saturated rings. The van der Waals surface area contributed by atoms with E-state index in [1.165, 1.54) is 61.4 Å². The molecule has 6 nitrogen and oxygen atoms in total. The molecule has 146 valence electrons. The van der Waals surface area contributed by atoms with Crippen molar-refractivity contribution in [1.82, 2.24) is 4.98 Å². The standard InChI is InChI=1S/C19H16ClFN2O4S/c1-25-15-8-11(9-16(26-2)18(15)27-3)17(24)14-10-28-19(22-14)23(20)13-6-4-12(21)5-7-13/h4-10H,1-3H3. The Morgan fingerprint density at radius 1 is 1.07 bits per heavy atom. The van der Waals surface area contributed by atoms with E-state index in [9.17, 15) is 9.18 Å². The number of methoxy groups -OCH3 is 3. The van der Waals surface area contributed by atoms with Gasteiger partial charge in [0.15, 0.2) is 11.5 Å². The fourth-order valence-corrected chi connectivity index (χ4v) is 3.50. The molecule has 9 heteroatoms. The van der Waals surface area contributed by atoms with Gasteiger partial charge < -0.3 is 14.2 Å².